The fourth-order valence-electron chi connectivity index (χ4n) is 3.27. The molecule has 104 valence electrons. The van der Waals surface area contributed by atoms with E-state index in [1.165, 1.54) is 37.8 Å². The second-order valence-corrected chi connectivity index (χ2v) is 6.30. The highest BCUT2D eigenvalue weighted by molar-refractivity contribution is 5.20. The van der Waals surface area contributed by atoms with Crippen LogP contribution >= 0.6 is 0 Å². The van der Waals surface area contributed by atoms with E-state index in [4.69, 9.17) is 0 Å². The third-order valence-electron chi connectivity index (χ3n) is 4.95. The van der Waals surface area contributed by atoms with E-state index in [1.54, 1.807) is 0 Å². The lowest BCUT2D eigenvalue weighted by molar-refractivity contribution is 0.123. The van der Waals surface area contributed by atoms with Crippen molar-refractivity contribution in [3.05, 3.63) is 35.9 Å². The molecule has 0 bridgehead atoms. The molecule has 2 atom stereocenters. The topological polar surface area (TPSA) is 15.3 Å². The Bertz CT molecular complexity index is 386. The number of benzene rings is 1. The fraction of sp³-hybridized carbons (Fsp3) is 0.647. The van der Waals surface area contributed by atoms with Gasteiger partial charge in [0.2, 0.25) is 0 Å². The van der Waals surface area contributed by atoms with Crippen LogP contribution in [0.4, 0.5) is 0 Å². The third kappa shape index (κ3) is 3.18. The van der Waals surface area contributed by atoms with Crippen molar-refractivity contribution in [2.75, 3.05) is 19.6 Å². The van der Waals surface area contributed by atoms with Crippen LogP contribution in [0.25, 0.3) is 0 Å². The summed E-state index contributed by atoms with van der Waals surface area (Å²) in [6.07, 6.45) is 5.82. The van der Waals surface area contributed by atoms with E-state index < -0.39 is 0 Å². The van der Waals surface area contributed by atoms with Gasteiger partial charge in [0, 0.05) is 25.2 Å². The molecule has 2 aliphatic rings. The van der Waals surface area contributed by atoms with Gasteiger partial charge >= 0.3 is 0 Å². The molecule has 0 aromatic heterocycles. The first-order valence-electron chi connectivity index (χ1n) is 7.85. The summed E-state index contributed by atoms with van der Waals surface area (Å²) in [5.74, 6) is 1.03. The van der Waals surface area contributed by atoms with Gasteiger partial charge in [-0.2, -0.15) is 0 Å². The van der Waals surface area contributed by atoms with Gasteiger partial charge in [-0.1, -0.05) is 49.6 Å². The fourth-order valence-corrected chi connectivity index (χ4v) is 3.27. The minimum absolute atomic E-state index is 0.513. The predicted molar refractivity (Wildman–Crippen MR) is 80.2 cm³/mol. The molecule has 2 fully saturated rings. The maximum atomic E-state index is 3.69. The molecule has 0 radical (unpaired) electrons. The van der Waals surface area contributed by atoms with Gasteiger partial charge in [0.05, 0.1) is 0 Å². The second kappa shape index (κ2) is 6.06. The minimum Gasteiger partial charge on any atom is -0.307 e. The molecular weight excluding hydrogens is 232 g/mol. The number of hydrogen-bond donors (Lipinski definition) is 1. The third-order valence-corrected chi connectivity index (χ3v) is 4.95. The number of hydrogen-bond acceptors (Lipinski definition) is 2. The largest absolute Gasteiger partial charge is 0.307 e. The number of piperazine rings is 1. The van der Waals surface area contributed by atoms with E-state index in [0.29, 0.717) is 12.1 Å². The number of rotatable bonds is 4. The minimum atomic E-state index is 0.513. The highest BCUT2D eigenvalue weighted by atomic mass is 15.2. The van der Waals surface area contributed by atoms with Gasteiger partial charge in [0.1, 0.15) is 0 Å². The van der Waals surface area contributed by atoms with Crippen molar-refractivity contribution in [2.45, 2.75) is 44.7 Å². The molecule has 1 saturated heterocycles. The van der Waals surface area contributed by atoms with Crippen molar-refractivity contribution in [3.63, 3.8) is 0 Å². The molecule has 1 aromatic rings. The number of nitrogens with one attached hydrogen (secondary N) is 1. The molecule has 1 aliphatic carbocycles. The summed E-state index contributed by atoms with van der Waals surface area (Å²) < 4.78 is 0. The first-order chi connectivity index (χ1) is 9.33. The van der Waals surface area contributed by atoms with Gasteiger partial charge in [-0.3, -0.25) is 4.90 Å². The summed E-state index contributed by atoms with van der Waals surface area (Å²) in [7, 11) is 0. The van der Waals surface area contributed by atoms with E-state index in [2.05, 4.69) is 47.5 Å². The molecule has 1 N–H and O–H groups in total. The van der Waals surface area contributed by atoms with Crippen LogP contribution < -0.4 is 5.32 Å². The molecule has 2 nitrogen and oxygen atoms in total. The average Bonchev–Trinajstić information content (AvgIpc) is 2.40. The predicted octanol–water partition coefficient (Wildman–Crippen LogP) is 3.21. The van der Waals surface area contributed by atoms with Gasteiger partial charge in [0.25, 0.3) is 0 Å². The molecular formula is C17H26N2. The van der Waals surface area contributed by atoms with Crippen LogP contribution in [0.5, 0.6) is 0 Å². The zero-order valence-corrected chi connectivity index (χ0v) is 12.0. The molecule has 0 amide bonds. The maximum Gasteiger partial charge on any atom is 0.0449 e. The van der Waals surface area contributed by atoms with Crippen molar-refractivity contribution in [1.29, 1.82) is 0 Å². The number of nitrogens with zero attached hydrogens (tertiary/aromatic N) is 1. The zero-order chi connectivity index (χ0) is 13.1. The Morgan fingerprint density at radius 1 is 1.21 bits per heavy atom. The molecule has 1 saturated carbocycles. The first-order valence-corrected chi connectivity index (χ1v) is 7.85. The van der Waals surface area contributed by atoms with Crippen LogP contribution in [0.3, 0.4) is 0 Å². The lowest BCUT2D eigenvalue weighted by atomic mass is 9.83. The zero-order valence-electron chi connectivity index (χ0n) is 12.0. The van der Waals surface area contributed by atoms with E-state index in [9.17, 15) is 0 Å². The lowest BCUT2D eigenvalue weighted by Gasteiger charge is -2.40. The van der Waals surface area contributed by atoms with Gasteiger partial charge < -0.3 is 5.32 Å². The molecule has 3 rings (SSSR count). The van der Waals surface area contributed by atoms with Crippen molar-refractivity contribution in [1.82, 2.24) is 10.2 Å². The molecule has 1 heterocycles. The Morgan fingerprint density at radius 3 is 2.68 bits per heavy atom. The van der Waals surface area contributed by atoms with Gasteiger partial charge in [-0.15, -0.1) is 0 Å². The summed E-state index contributed by atoms with van der Waals surface area (Å²) in [5.41, 5.74) is 1.43. The van der Waals surface area contributed by atoms with Crippen molar-refractivity contribution in [2.24, 2.45) is 5.92 Å². The van der Waals surface area contributed by atoms with Crippen LogP contribution in [0.15, 0.2) is 30.3 Å². The van der Waals surface area contributed by atoms with Gasteiger partial charge in [-0.05, 0) is 31.4 Å². The van der Waals surface area contributed by atoms with E-state index >= 15 is 0 Å². The van der Waals surface area contributed by atoms with Gasteiger partial charge in [-0.25, -0.2) is 0 Å². The highest BCUT2D eigenvalue weighted by Crippen LogP contribution is 2.30. The first kappa shape index (κ1) is 13.1. The summed E-state index contributed by atoms with van der Waals surface area (Å²) in [6, 6.07) is 12.1. The molecule has 0 spiro atoms. The Balaban J connectivity index is 1.57. The van der Waals surface area contributed by atoms with Gasteiger partial charge in [0.15, 0.2) is 0 Å². The normalized spacial score (nSPS) is 29.1. The summed E-state index contributed by atoms with van der Waals surface area (Å²) in [6.45, 7) is 5.92. The molecule has 1 aliphatic heterocycles. The Kier molecular flexibility index (Phi) is 4.19. The standard InChI is InChI=1S/C17H26N2/c1-14-12-18-17(16-8-3-2-4-9-16)13-19(14)11-10-15-6-5-7-15/h2-4,8-9,14-15,17-18H,5-7,10-13H2,1H3. The van der Waals surface area contributed by atoms with Crippen LogP contribution in [0, 0.1) is 5.92 Å². The summed E-state index contributed by atoms with van der Waals surface area (Å²) >= 11 is 0. The highest BCUT2D eigenvalue weighted by Gasteiger charge is 2.27. The quantitative estimate of drug-likeness (QED) is 0.892. The van der Waals surface area contributed by atoms with E-state index in [0.717, 1.165) is 19.0 Å². The Labute approximate surface area is 117 Å². The molecule has 1 aromatic carbocycles. The second-order valence-electron chi connectivity index (χ2n) is 6.30. The smallest absolute Gasteiger partial charge is 0.0449 e. The summed E-state index contributed by atoms with van der Waals surface area (Å²) in [4.78, 5) is 2.69. The lowest BCUT2D eigenvalue weighted by Crippen LogP contribution is -2.51. The van der Waals surface area contributed by atoms with Crippen LogP contribution in [0.2, 0.25) is 0 Å². The van der Waals surface area contributed by atoms with E-state index in [1.807, 2.05) is 0 Å². The molecule has 2 unspecified atom stereocenters. The van der Waals surface area contributed by atoms with Crippen LogP contribution in [-0.4, -0.2) is 30.6 Å². The Morgan fingerprint density at radius 2 is 2.00 bits per heavy atom. The van der Waals surface area contributed by atoms with Crippen molar-refractivity contribution >= 4 is 0 Å². The molecule has 2 heteroatoms. The van der Waals surface area contributed by atoms with Crippen LogP contribution in [0.1, 0.15) is 44.2 Å². The van der Waals surface area contributed by atoms with Crippen LogP contribution in [-0.2, 0) is 0 Å². The maximum absolute atomic E-state index is 3.69. The average molecular weight is 258 g/mol. The Hall–Kier alpha value is -0.860. The summed E-state index contributed by atoms with van der Waals surface area (Å²) in [5, 5.41) is 3.69. The molecule has 19 heavy (non-hydrogen) atoms. The van der Waals surface area contributed by atoms with Crippen molar-refractivity contribution < 1.29 is 0 Å². The monoisotopic (exact) mass is 258 g/mol. The van der Waals surface area contributed by atoms with Crippen molar-refractivity contribution in [3.8, 4) is 0 Å². The SMILES string of the molecule is CC1CNC(c2ccccc2)CN1CCC1CCC1. The van der Waals surface area contributed by atoms with E-state index in [-0.39, 0.29) is 0 Å².